The SMILES string of the molecule is Cc1c(NC(=O)c2ccc(C(C)(C)C)cc2)cccc1-c1ncnc(Nc2ccc(N3CCOCC3)cc2)n1. The summed E-state index contributed by atoms with van der Waals surface area (Å²) in [6.07, 6.45) is 1.49. The molecule has 1 aliphatic rings. The molecule has 0 atom stereocenters. The number of benzene rings is 3. The number of rotatable bonds is 6. The van der Waals surface area contributed by atoms with E-state index in [1.54, 1.807) is 0 Å². The summed E-state index contributed by atoms with van der Waals surface area (Å²) in [5.74, 6) is 0.821. The number of carbonyl (C=O) groups is 1. The monoisotopic (exact) mass is 522 g/mol. The van der Waals surface area contributed by atoms with Crippen LogP contribution in [0.3, 0.4) is 0 Å². The zero-order chi connectivity index (χ0) is 27.4. The van der Waals surface area contributed by atoms with E-state index in [2.05, 4.69) is 63.4 Å². The summed E-state index contributed by atoms with van der Waals surface area (Å²) in [7, 11) is 0. The Balaban J connectivity index is 1.30. The second-order valence-corrected chi connectivity index (χ2v) is 10.7. The summed E-state index contributed by atoms with van der Waals surface area (Å²) in [4.78, 5) is 28.7. The normalized spacial score (nSPS) is 13.7. The van der Waals surface area contributed by atoms with Crippen LogP contribution in [0.4, 0.5) is 23.0 Å². The third-order valence-electron chi connectivity index (χ3n) is 6.91. The maximum atomic E-state index is 13.0. The van der Waals surface area contributed by atoms with Crippen molar-refractivity contribution in [2.75, 3.05) is 41.8 Å². The van der Waals surface area contributed by atoms with Crippen molar-refractivity contribution in [2.24, 2.45) is 0 Å². The van der Waals surface area contributed by atoms with E-state index < -0.39 is 0 Å². The van der Waals surface area contributed by atoms with Gasteiger partial charge in [0.05, 0.1) is 13.2 Å². The Morgan fingerprint density at radius 2 is 1.64 bits per heavy atom. The fourth-order valence-corrected chi connectivity index (χ4v) is 4.52. The second-order valence-electron chi connectivity index (χ2n) is 10.7. The molecule has 4 aromatic rings. The van der Waals surface area contributed by atoms with Gasteiger partial charge in [-0.25, -0.2) is 9.97 Å². The Morgan fingerprint density at radius 1 is 0.923 bits per heavy atom. The average molecular weight is 523 g/mol. The van der Waals surface area contributed by atoms with E-state index in [1.807, 2.05) is 61.5 Å². The topological polar surface area (TPSA) is 92.3 Å². The minimum Gasteiger partial charge on any atom is -0.378 e. The number of carbonyl (C=O) groups excluding carboxylic acids is 1. The van der Waals surface area contributed by atoms with Crippen LogP contribution < -0.4 is 15.5 Å². The molecule has 3 aromatic carbocycles. The molecule has 1 saturated heterocycles. The molecule has 0 bridgehead atoms. The summed E-state index contributed by atoms with van der Waals surface area (Å²) in [6, 6.07) is 21.7. The lowest BCUT2D eigenvalue weighted by molar-refractivity contribution is 0.102. The van der Waals surface area contributed by atoms with Gasteiger partial charge in [-0.1, -0.05) is 45.0 Å². The van der Waals surface area contributed by atoms with Crippen LogP contribution >= 0.6 is 0 Å². The quantitative estimate of drug-likeness (QED) is 0.322. The number of hydrogen-bond acceptors (Lipinski definition) is 7. The van der Waals surface area contributed by atoms with Gasteiger partial charge in [-0.15, -0.1) is 0 Å². The van der Waals surface area contributed by atoms with Crippen LogP contribution in [0.1, 0.15) is 42.3 Å². The minimum absolute atomic E-state index is 0.0323. The molecular weight excluding hydrogens is 488 g/mol. The highest BCUT2D eigenvalue weighted by molar-refractivity contribution is 6.05. The molecule has 1 fully saturated rings. The van der Waals surface area contributed by atoms with Crippen LogP contribution in [-0.2, 0) is 10.2 Å². The van der Waals surface area contributed by atoms with Gasteiger partial charge in [0.25, 0.3) is 5.91 Å². The molecule has 39 heavy (non-hydrogen) atoms. The van der Waals surface area contributed by atoms with Gasteiger partial charge < -0.3 is 20.3 Å². The van der Waals surface area contributed by atoms with Crippen LogP contribution in [0.25, 0.3) is 11.4 Å². The lowest BCUT2D eigenvalue weighted by Crippen LogP contribution is -2.36. The van der Waals surface area contributed by atoms with Crippen molar-refractivity contribution in [1.29, 1.82) is 0 Å². The van der Waals surface area contributed by atoms with Gasteiger partial charge in [0.2, 0.25) is 5.95 Å². The number of nitrogens with one attached hydrogen (secondary N) is 2. The fourth-order valence-electron chi connectivity index (χ4n) is 4.52. The first kappa shape index (κ1) is 26.3. The Kier molecular flexibility index (Phi) is 7.56. The number of ether oxygens (including phenoxy) is 1. The number of morpholine rings is 1. The van der Waals surface area contributed by atoms with E-state index in [1.165, 1.54) is 17.6 Å². The Morgan fingerprint density at radius 3 is 2.33 bits per heavy atom. The molecular formula is C31H34N6O2. The molecule has 8 heteroatoms. The minimum atomic E-state index is -0.158. The number of nitrogens with zero attached hydrogens (tertiary/aromatic N) is 4. The van der Waals surface area contributed by atoms with Crippen LogP contribution in [0, 0.1) is 6.92 Å². The van der Waals surface area contributed by atoms with Crippen LogP contribution in [0.5, 0.6) is 0 Å². The van der Waals surface area contributed by atoms with Crippen molar-refractivity contribution in [1.82, 2.24) is 15.0 Å². The van der Waals surface area contributed by atoms with Crippen molar-refractivity contribution in [3.63, 3.8) is 0 Å². The number of anilines is 4. The van der Waals surface area contributed by atoms with Crippen molar-refractivity contribution >= 4 is 28.9 Å². The van der Waals surface area contributed by atoms with E-state index >= 15 is 0 Å². The first-order chi connectivity index (χ1) is 18.8. The molecule has 200 valence electrons. The van der Waals surface area contributed by atoms with Crippen LogP contribution in [0.15, 0.2) is 73.1 Å². The largest absolute Gasteiger partial charge is 0.378 e. The fraction of sp³-hybridized carbons (Fsp3) is 0.290. The average Bonchev–Trinajstić information content (AvgIpc) is 2.95. The van der Waals surface area contributed by atoms with Crippen molar-refractivity contribution in [2.45, 2.75) is 33.1 Å². The highest BCUT2D eigenvalue weighted by atomic mass is 16.5. The molecule has 2 N–H and O–H groups in total. The van der Waals surface area contributed by atoms with Gasteiger partial charge in [-0.2, -0.15) is 4.98 Å². The Labute approximate surface area is 229 Å². The first-order valence-electron chi connectivity index (χ1n) is 13.2. The molecule has 2 heterocycles. The lowest BCUT2D eigenvalue weighted by Gasteiger charge is -2.28. The third-order valence-corrected chi connectivity index (χ3v) is 6.91. The molecule has 1 aliphatic heterocycles. The standard InChI is InChI=1S/C31H34N6O2/c1-21-26(6-5-7-27(21)35-29(38)22-8-10-23(11-9-22)31(2,3)4)28-32-20-33-30(36-28)34-24-12-14-25(15-13-24)37-16-18-39-19-17-37/h5-15,20H,16-19H2,1-4H3,(H,35,38)(H,32,33,34,36). The molecule has 0 spiro atoms. The molecule has 8 nitrogen and oxygen atoms in total. The van der Waals surface area contributed by atoms with Crippen molar-refractivity contribution in [3.8, 4) is 11.4 Å². The highest BCUT2D eigenvalue weighted by Crippen LogP contribution is 2.28. The molecule has 0 radical (unpaired) electrons. The van der Waals surface area contributed by atoms with E-state index in [4.69, 9.17) is 4.74 Å². The summed E-state index contributed by atoms with van der Waals surface area (Å²) >= 11 is 0. The molecule has 0 saturated carbocycles. The first-order valence-corrected chi connectivity index (χ1v) is 13.2. The van der Waals surface area contributed by atoms with Crippen LogP contribution in [-0.4, -0.2) is 47.2 Å². The van der Waals surface area contributed by atoms with Gasteiger partial charge in [-0.05, 0) is 65.9 Å². The van der Waals surface area contributed by atoms with Crippen LogP contribution in [0.2, 0.25) is 0 Å². The predicted octanol–water partition coefficient (Wildman–Crippen LogP) is 5.98. The summed E-state index contributed by atoms with van der Waals surface area (Å²) in [6.45, 7) is 11.7. The molecule has 1 aromatic heterocycles. The summed E-state index contributed by atoms with van der Waals surface area (Å²) in [5, 5.41) is 6.32. The van der Waals surface area contributed by atoms with Gasteiger partial charge >= 0.3 is 0 Å². The van der Waals surface area contributed by atoms with Gasteiger partial charge in [0.1, 0.15) is 6.33 Å². The maximum absolute atomic E-state index is 13.0. The molecule has 1 amide bonds. The lowest BCUT2D eigenvalue weighted by atomic mass is 9.86. The highest BCUT2D eigenvalue weighted by Gasteiger charge is 2.16. The molecule has 0 unspecified atom stereocenters. The third kappa shape index (κ3) is 6.23. The summed E-state index contributed by atoms with van der Waals surface area (Å²) < 4.78 is 5.44. The number of aromatic nitrogens is 3. The van der Waals surface area contributed by atoms with Gasteiger partial charge in [-0.3, -0.25) is 4.79 Å². The van der Waals surface area contributed by atoms with Gasteiger partial charge in [0, 0.05) is 41.3 Å². The molecule has 5 rings (SSSR count). The number of amides is 1. The Bertz CT molecular complexity index is 1440. The molecule has 0 aliphatic carbocycles. The smallest absolute Gasteiger partial charge is 0.255 e. The second kappa shape index (κ2) is 11.2. The van der Waals surface area contributed by atoms with E-state index in [0.29, 0.717) is 23.0 Å². The van der Waals surface area contributed by atoms with E-state index in [9.17, 15) is 4.79 Å². The maximum Gasteiger partial charge on any atom is 0.255 e. The zero-order valence-corrected chi connectivity index (χ0v) is 22.9. The van der Waals surface area contributed by atoms with E-state index in [0.717, 1.165) is 43.1 Å². The predicted molar refractivity (Wildman–Crippen MR) is 156 cm³/mol. The van der Waals surface area contributed by atoms with Crippen molar-refractivity contribution in [3.05, 3.63) is 89.7 Å². The number of hydrogen-bond donors (Lipinski definition) is 2. The zero-order valence-electron chi connectivity index (χ0n) is 22.9. The summed E-state index contributed by atoms with van der Waals surface area (Å²) in [5.41, 5.74) is 6.30. The van der Waals surface area contributed by atoms with Gasteiger partial charge in [0.15, 0.2) is 5.82 Å². The van der Waals surface area contributed by atoms with Crippen molar-refractivity contribution < 1.29 is 9.53 Å². The van der Waals surface area contributed by atoms with E-state index in [-0.39, 0.29) is 11.3 Å². The Hall–Kier alpha value is -4.30.